The Labute approximate surface area is 190 Å². The van der Waals surface area contributed by atoms with Crippen LogP contribution in [0.4, 0.5) is 5.69 Å². The van der Waals surface area contributed by atoms with Crippen molar-refractivity contribution >= 4 is 34.6 Å². The predicted octanol–water partition coefficient (Wildman–Crippen LogP) is 5.41. The van der Waals surface area contributed by atoms with Gasteiger partial charge in [0.25, 0.3) is 0 Å². The fraction of sp³-hybridized carbons (Fsp3) is 0.0833. The molecule has 2 aromatic heterocycles. The van der Waals surface area contributed by atoms with Gasteiger partial charge >= 0.3 is 0 Å². The van der Waals surface area contributed by atoms with E-state index in [0.29, 0.717) is 15.8 Å². The van der Waals surface area contributed by atoms with Crippen LogP contribution in [0.5, 0.6) is 5.75 Å². The standard InChI is InChI=1S/C24H19ClN4OS/c25-16-11-12-21(30)20(15-16)29-23(22(27-24(29)31)18-9-4-5-13-26-18)19-10-6-14-28(19)17-7-2-1-3-8-17/h1-15,22-23,30H,(H,27,31)/t22-,23+/m1/s1. The van der Waals surface area contributed by atoms with Crippen molar-refractivity contribution in [1.82, 2.24) is 14.9 Å². The maximum atomic E-state index is 10.7. The third kappa shape index (κ3) is 3.54. The van der Waals surface area contributed by atoms with E-state index >= 15 is 0 Å². The van der Waals surface area contributed by atoms with Gasteiger partial charge in [-0.2, -0.15) is 0 Å². The van der Waals surface area contributed by atoms with Crippen molar-refractivity contribution in [3.63, 3.8) is 0 Å². The van der Waals surface area contributed by atoms with Gasteiger partial charge in [0, 0.05) is 28.8 Å². The van der Waals surface area contributed by atoms with Crippen molar-refractivity contribution in [2.75, 3.05) is 4.90 Å². The molecule has 0 amide bonds. The lowest BCUT2D eigenvalue weighted by molar-refractivity contribution is 0.472. The first-order valence-corrected chi connectivity index (χ1v) is 10.6. The molecule has 1 saturated heterocycles. The minimum Gasteiger partial charge on any atom is -0.506 e. The highest BCUT2D eigenvalue weighted by Crippen LogP contribution is 2.45. The first-order chi connectivity index (χ1) is 15.1. The highest BCUT2D eigenvalue weighted by Gasteiger charge is 2.43. The zero-order chi connectivity index (χ0) is 21.4. The first-order valence-electron chi connectivity index (χ1n) is 9.85. The maximum absolute atomic E-state index is 10.7. The Morgan fingerprint density at radius 1 is 0.968 bits per heavy atom. The molecule has 3 heterocycles. The lowest BCUT2D eigenvalue weighted by atomic mass is 10.0. The number of hydrogen-bond acceptors (Lipinski definition) is 3. The zero-order valence-electron chi connectivity index (χ0n) is 16.4. The number of hydrogen-bond donors (Lipinski definition) is 2. The van der Waals surface area contributed by atoms with E-state index in [1.807, 2.05) is 53.6 Å². The summed E-state index contributed by atoms with van der Waals surface area (Å²) in [5, 5.41) is 15.1. The summed E-state index contributed by atoms with van der Waals surface area (Å²) in [6, 6.07) is 24.5. The Balaban J connectivity index is 1.70. The van der Waals surface area contributed by atoms with E-state index in [1.54, 1.807) is 24.4 Å². The molecule has 2 aromatic carbocycles. The summed E-state index contributed by atoms with van der Waals surface area (Å²) in [5.41, 5.74) is 3.46. The van der Waals surface area contributed by atoms with Crippen LogP contribution >= 0.6 is 23.8 Å². The summed E-state index contributed by atoms with van der Waals surface area (Å²) >= 11 is 12.0. The summed E-state index contributed by atoms with van der Waals surface area (Å²) in [5.74, 6) is 0.109. The molecule has 7 heteroatoms. The van der Waals surface area contributed by atoms with Crippen molar-refractivity contribution in [1.29, 1.82) is 0 Å². The smallest absolute Gasteiger partial charge is 0.174 e. The van der Waals surface area contributed by atoms with Gasteiger partial charge in [0.05, 0.1) is 17.4 Å². The van der Waals surface area contributed by atoms with Gasteiger partial charge in [0.1, 0.15) is 11.8 Å². The molecule has 0 bridgehead atoms. The molecule has 5 nitrogen and oxygen atoms in total. The van der Waals surface area contributed by atoms with Gasteiger partial charge in [-0.25, -0.2) is 0 Å². The van der Waals surface area contributed by atoms with Crippen LogP contribution in [0.3, 0.4) is 0 Å². The molecular formula is C24H19ClN4OS. The largest absolute Gasteiger partial charge is 0.506 e. The number of aromatic nitrogens is 2. The molecule has 5 rings (SSSR count). The Bertz CT molecular complexity index is 1230. The van der Waals surface area contributed by atoms with Crippen LogP contribution in [0.2, 0.25) is 5.02 Å². The van der Waals surface area contributed by atoms with Crippen molar-refractivity contribution in [2.24, 2.45) is 0 Å². The summed E-state index contributed by atoms with van der Waals surface area (Å²) in [7, 11) is 0. The number of para-hydroxylation sites is 1. The second kappa shape index (κ2) is 8.06. The molecule has 4 aromatic rings. The number of nitrogens with one attached hydrogen (secondary N) is 1. The number of phenolic OH excluding ortho intramolecular Hbond substituents is 1. The molecule has 0 radical (unpaired) electrons. The molecular weight excluding hydrogens is 428 g/mol. The van der Waals surface area contributed by atoms with E-state index in [-0.39, 0.29) is 17.8 Å². The van der Waals surface area contributed by atoms with Gasteiger partial charge in [-0.1, -0.05) is 35.9 Å². The Hall–Kier alpha value is -3.35. The first kappa shape index (κ1) is 19.6. The minimum atomic E-state index is -0.262. The van der Waals surface area contributed by atoms with Gasteiger partial charge < -0.3 is 19.9 Å². The molecule has 0 spiro atoms. The van der Waals surface area contributed by atoms with E-state index < -0.39 is 0 Å². The van der Waals surface area contributed by atoms with Gasteiger partial charge in [-0.05, 0) is 66.8 Å². The molecule has 1 aliphatic heterocycles. The molecule has 0 saturated carbocycles. The van der Waals surface area contributed by atoms with E-state index in [4.69, 9.17) is 23.8 Å². The van der Waals surface area contributed by atoms with Crippen LogP contribution in [-0.4, -0.2) is 19.8 Å². The number of phenols is 1. The van der Waals surface area contributed by atoms with Crippen molar-refractivity contribution in [3.05, 3.63) is 108 Å². The quantitative estimate of drug-likeness (QED) is 0.410. The number of thiocarbonyl (C=S) groups is 1. The van der Waals surface area contributed by atoms with Crippen molar-refractivity contribution in [2.45, 2.75) is 12.1 Å². The third-order valence-corrected chi connectivity index (χ3v) is 5.96. The Morgan fingerprint density at radius 3 is 2.55 bits per heavy atom. The van der Waals surface area contributed by atoms with Crippen LogP contribution in [0, 0.1) is 0 Å². The van der Waals surface area contributed by atoms with Gasteiger partial charge in [0.15, 0.2) is 5.11 Å². The minimum absolute atomic E-state index is 0.109. The predicted molar refractivity (Wildman–Crippen MR) is 127 cm³/mol. The van der Waals surface area contributed by atoms with Crippen LogP contribution in [0.15, 0.2) is 91.3 Å². The second-order valence-corrected chi connectivity index (χ2v) is 8.09. The normalized spacial score (nSPS) is 18.2. The number of anilines is 1. The number of nitrogens with zero attached hydrogens (tertiary/aromatic N) is 3. The van der Waals surface area contributed by atoms with Crippen LogP contribution in [0.1, 0.15) is 23.5 Å². The number of pyridine rings is 1. The Kier molecular flexibility index (Phi) is 5.10. The van der Waals surface area contributed by atoms with E-state index in [1.165, 1.54) is 0 Å². The summed E-state index contributed by atoms with van der Waals surface area (Å²) in [6.45, 7) is 0. The summed E-state index contributed by atoms with van der Waals surface area (Å²) in [4.78, 5) is 6.50. The van der Waals surface area contributed by atoms with Crippen molar-refractivity contribution in [3.8, 4) is 11.4 Å². The van der Waals surface area contributed by atoms with E-state index in [9.17, 15) is 5.11 Å². The highest BCUT2D eigenvalue weighted by molar-refractivity contribution is 7.80. The van der Waals surface area contributed by atoms with Gasteiger partial charge in [-0.15, -0.1) is 0 Å². The monoisotopic (exact) mass is 446 g/mol. The molecule has 0 unspecified atom stereocenters. The fourth-order valence-electron chi connectivity index (χ4n) is 4.06. The third-order valence-electron chi connectivity index (χ3n) is 5.41. The molecule has 0 aliphatic carbocycles. The lowest BCUT2D eigenvalue weighted by Crippen LogP contribution is -2.30. The number of halogens is 1. The summed E-state index contributed by atoms with van der Waals surface area (Å²) < 4.78 is 2.13. The van der Waals surface area contributed by atoms with E-state index in [2.05, 4.69) is 33.1 Å². The van der Waals surface area contributed by atoms with E-state index in [0.717, 1.165) is 17.1 Å². The number of aromatic hydroxyl groups is 1. The number of rotatable bonds is 4. The summed E-state index contributed by atoms with van der Waals surface area (Å²) in [6.07, 6.45) is 3.80. The molecule has 2 atom stereocenters. The maximum Gasteiger partial charge on any atom is 0.174 e. The highest BCUT2D eigenvalue weighted by atomic mass is 35.5. The SMILES string of the molecule is Oc1ccc(Cl)cc1N1C(=S)N[C@H](c2ccccn2)[C@@H]1c1cccn1-c1ccccc1. The Morgan fingerprint density at radius 2 is 1.77 bits per heavy atom. The fourth-order valence-corrected chi connectivity index (χ4v) is 4.57. The van der Waals surface area contributed by atoms with Gasteiger partial charge in [0.2, 0.25) is 0 Å². The second-order valence-electron chi connectivity index (χ2n) is 7.27. The van der Waals surface area contributed by atoms with Crippen LogP contribution in [0.25, 0.3) is 5.69 Å². The molecule has 1 aliphatic rings. The molecule has 154 valence electrons. The van der Waals surface area contributed by atoms with Crippen LogP contribution < -0.4 is 10.2 Å². The van der Waals surface area contributed by atoms with Crippen LogP contribution in [-0.2, 0) is 0 Å². The van der Waals surface area contributed by atoms with Gasteiger partial charge in [-0.3, -0.25) is 4.98 Å². The number of benzene rings is 2. The molecule has 1 fully saturated rings. The molecule has 2 N–H and O–H groups in total. The lowest BCUT2D eigenvalue weighted by Gasteiger charge is -2.29. The average Bonchev–Trinajstić information content (AvgIpc) is 3.41. The molecule has 31 heavy (non-hydrogen) atoms. The zero-order valence-corrected chi connectivity index (χ0v) is 18.0. The topological polar surface area (TPSA) is 53.3 Å². The average molecular weight is 447 g/mol. The van der Waals surface area contributed by atoms with Crippen molar-refractivity contribution < 1.29 is 5.11 Å².